The van der Waals surface area contributed by atoms with Gasteiger partial charge in [0.1, 0.15) is 5.56 Å². The summed E-state index contributed by atoms with van der Waals surface area (Å²) in [7, 11) is 0. The molecule has 106 valence electrons. The van der Waals surface area contributed by atoms with E-state index >= 15 is 0 Å². The van der Waals surface area contributed by atoms with E-state index in [2.05, 4.69) is 26.2 Å². The van der Waals surface area contributed by atoms with Crippen LogP contribution < -0.4 is 5.32 Å². The Morgan fingerprint density at radius 3 is 2.85 bits per heavy atom. The van der Waals surface area contributed by atoms with Gasteiger partial charge in [-0.1, -0.05) is 27.5 Å². The number of fused-ring (bicyclic) bond motifs is 1. The lowest BCUT2D eigenvalue weighted by atomic mass is 10.1. The van der Waals surface area contributed by atoms with Crippen LogP contribution in [0.15, 0.2) is 22.8 Å². The Kier molecular flexibility index (Phi) is 4.83. The van der Waals surface area contributed by atoms with Gasteiger partial charge < -0.3 is 10.1 Å². The number of pyridine rings is 1. The summed E-state index contributed by atoms with van der Waals surface area (Å²) < 4.78 is 5.89. The zero-order valence-corrected chi connectivity index (χ0v) is 13.5. The summed E-state index contributed by atoms with van der Waals surface area (Å²) in [5, 5.41) is 4.52. The molecule has 4 nitrogen and oxygen atoms in total. The molecule has 0 fully saturated rings. The molecule has 1 aromatic heterocycles. The van der Waals surface area contributed by atoms with Crippen LogP contribution in [0, 0.1) is 0 Å². The molecule has 1 N–H and O–H groups in total. The molecule has 0 radical (unpaired) electrons. The van der Waals surface area contributed by atoms with E-state index in [0.717, 1.165) is 9.86 Å². The van der Waals surface area contributed by atoms with Gasteiger partial charge in [-0.05, 0) is 26.0 Å². The summed E-state index contributed by atoms with van der Waals surface area (Å²) >= 11 is 9.65. The molecule has 0 saturated heterocycles. The lowest BCUT2D eigenvalue weighted by Gasteiger charge is -2.14. The number of nitrogens with one attached hydrogen (secondary N) is 1. The number of benzene rings is 1. The maximum absolute atomic E-state index is 12.0. The van der Waals surface area contributed by atoms with Crippen molar-refractivity contribution in [2.45, 2.75) is 13.8 Å². The number of rotatable bonds is 4. The Labute approximate surface area is 130 Å². The molecule has 0 aliphatic carbocycles. The molecule has 0 unspecified atom stereocenters. The van der Waals surface area contributed by atoms with Gasteiger partial charge in [0.05, 0.1) is 22.8 Å². The minimum absolute atomic E-state index is 0.319. The van der Waals surface area contributed by atoms with Crippen LogP contribution in [0.25, 0.3) is 10.9 Å². The van der Waals surface area contributed by atoms with Gasteiger partial charge in [0.2, 0.25) is 0 Å². The van der Waals surface area contributed by atoms with Crippen molar-refractivity contribution in [1.82, 2.24) is 4.98 Å². The largest absolute Gasteiger partial charge is 0.462 e. The number of carbonyl (C=O) groups is 1. The third-order valence-corrected chi connectivity index (χ3v) is 3.73. The highest BCUT2D eigenvalue weighted by molar-refractivity contribution is 9.10. The second-order valence-corrected chi connectivity index (χ2v) is 5.31. The minimum atomic E-state index is -0.398. The van der Waals surface area contributed by atoms with E-state index in [-0.39, 0.29) is 0 Å². The van der Waals surface area contributed by atoms with Crippen molar-refractivity contribution in [1.29, 1.82) is 0 Å². The zero-order chi connectivity index (χ0) is 14.7. The zero-order valence-electron chi connectivity index (χ0n) is 11.2. The van der Waals surface area contributed by atoms with Crippen LogP contribution in [-0.2, 0) is 4.74 Å². The number of halogens is 2. The molecule has 0 spiro atoms. The van der Waals surface area contributed by atoms with Crippen LogP contribution in [0.3, 0.4) is 0 Å². The summed E-state index contributed by atoms with van der Waals surface area (Å²) in [5.41, 5.74) is 1.74. The van der Waals surface area contributed by atoms with E-state index in [1.165, 1.54) is 6.20 Å². The van der Waals surface area contributed by atoms with Crippen molar-refractivity contribution in [3.8, 4) is 0 Å². The van der Waals surface area contributed by atoms with Crippen LogP contribution in [-0.4, -0.2) is 24.1 Å². The first-order valence-electron chi connectivity index (χ1n) is 6.27. The van der Waals surface area contributed by atoms with E-state index in [1.54, 1.807) is 13.0 Å². The highest BCUT2D eigenvalue weighted by Gasteiger charge is 2.18. The van der Waals surface area contributed by atoms with Crippen molar-refractivity contribution in [3.05, 3.63) is 33.4 Å². The molecule has 20 heavy (non-hydrogen) atoms. The predicted octanol–water partition coefficient (Wildman–Crippen LogP) is 4.26. The number of ether oxygens (including phenoxy) is 1. The molecule has 2 aromatic rings. The quantitative estimate of drug-likeness (QED) is 0.831. The Morgan fingerprint density at radius 1 is 1.45 bits per heavy atom. The number of carbonyl (C=O) groups excluding carboxylic acids is 1. The highest BCUT2D eigenvalue weighted by atomic mass is 79.9. The Balaban J connectivity index is 2.74. The smallest absolute Gasteiger partial charge is 0.341 e. The van der Waals surface area contributed by atoms with Gasteiger partial charge in [-0.25, -0.2) is 4.79 Å². The van der Waals surface area contributed by atoms with Crippen LogP contribution in [0.2, 0.25) is 5.02 Å². The molecule has 0 aliphatic rings. The van der Waals surface area contributed by atoms with Gasteiger partial charge in [0, 0.05) is 22.6 Å². The average molecular weight is 358 g/mol. The van der Waals surface area contributed by atoms with Crippen LogP contribution in [0.5, 0.6) is 0 Å². The second-order valence-electron chi connectivity index (χ2n) is 4.05. The summed E-state index contributed by atoms with van der Waals surface area (Å²) in [6, 6.07) is 3.60. The van der Waals surface area contributed by atoms with E-state index in [9.17, 15) is 4.79 Å². The first-order chi connectivity index (χ1) is 9.60. The predicted molar refractivity (Wildman–Crippen MR) is 84.6 cm³/mol. The average Bonchev–Trinajstić information content (AvgIpc) is 2.43. The lowest BCUT2D eigenvalue weighted by molar-refractivity contribution is 0.0527. The highest BCUT2D eigenvalue weighted by Crippen LogP contribution is 2.36. The van der Waals surface area contributed by atoms with Gasteiger partial charge in [-0.15, -0.1) is 0 Å². The van der Waals surface area contributed by atoms with Gasteiger partial charge in [0.15, 0.2) is 0 Å². The fraction of sp³-hybridized carbons (Fsp3) is 0.286. The van der Waals surface area contributed by atoms with Gasteiger partial charge in [0.25, 0.3) is 0 Å². The molecule has 2 rings (SSSR count). The fourth-order valence-corrected chi connectivity index (χ4v) is 2.68. The first-order valence-corrected chi connectivity index (χ1v) is 7.44. The van der Waals surface area contributed by atoms with Crippen LogP contribution in [0.4, 0.5) is 5.69 Å². The number of aromatic nitrogens is 1. The van der Waals surface area contributed by atoms with Gasteiger partial charge in [-0.2, -0.15) is 0 Å². The number of hydrogen-bond acceptors (Lipinski definition) is 4. The Hall–Kier alpha value is -1.33. The van der Waals surface area contributed by atoms with Crippen LogP contribution in [0.1, 0.15) is 24.2 Å². The molecule has 0 saturated carbocycles. The lowest BCUT2D eigenvalue weighted by Crippen LogP contribution is -2.11. The van der Waals surface area contributed by atoms with Crippen molar-refractivity contribution in [2.24, 2.45) is 0 Å². The molecule has 6 heteroatoms. The fourth-order valence-electron chi connectivity index (χ4n) is 1.96. The Morgan fingerprint density at radius 2 is 2.20 bits per heavy atom. The Bertz CT molecular complexity index is 661. The second kappa shape index (κ2) is 6.41. The number of hydrogen-bond donors (Lipinski definition) is 1. The van der Waals surface area contributed by atoms with Crippen LogP contribution >= 0.6 is 27.5 Å². The monoisotopic (exact) mass is 356 g/mol. The molecule has 1 heterocycles. The maximum Gasteiger partial charge on any atom is 0.341 e. The minimum Gasteiger partial charge on any atom is -0.462 e. The summed E-state index contributed by atoms with van der Waals surface area (Å²) in [6.45, 7) is 4.72. The number of anilines is 1. The molecular formula is C14H14BrClN2O2. The first kappa shape index (κ1) is 15.1. The summed E-state index contributed by atoms with van der Waals surface area (Å²) in [6.07, 6.45) is 1.50. The van der Waals surface area contributed by atoms with Gasteiger partial charge >= 0.3 is 5.97 Å². The molecular weight excluding hydrogens is 344 g/mol. The molecule has 0 amide bonds. The molecule has 0 aliphatic heterocycles. The summed E-state index contributed by atoms with van der Waals surface area (Å²) in [5.74, 6) is -0.398. The normalized spacial score (nSPS) is 10.6. The van der Waals surface area contributed by atoms with Crippen molar-refractivity contribution < 1.29 is 9.53 Å². The van der Waals surface area contributed by atoms with Crippen molar-refractivity contribution in [3.63, 3.8) is 0 Å². The SMILES string of the molecule is CCNc1c(C(=O)OCC)cnc2c(Cl)ccc(Br)c12. The molecule has 1 aromatic carbocycles. The summed E-state index contributed by atoms with van der Waals surface area (Å²) in [4.78, 5) is 16.3. The van der Waals surface area contributed by atoms with Crippen molar-refractivity contribution in [2.75, 3.05) is 18.5 Å². The van der Waals surface area contributed by atoms with Crippen molar-refractivity contribution >= 4 is 50.1 Å². The van der Waals surface area contributed by atoms with E-state index in [4.69, 9.17) is 16.3 Å². The molecule has 0 bridgehead atoms. The molecule has 0 atom stereocenters. The van der Waals surface area contributed by atoms with E-state index < -0.39 is 5.97 Å². The number of nitrogens with zero attached hydrogens (tertiary/aromatic N) is 1. The van der Waals surface area contributed by atoms with E-state index in [0.29, 0.717) is 34.9 Å². The van der Waals surface area contributed by atoms with E-state index in [1.807, 2.05) is 13.0 Å². The topological polar surface area (TPSA) is 51.2 Å². The third-order valence-electron chi connectivity index (χ3n) is 2.77. The third kappa shape index (κ3) is 2.74. The number of esters is 1. The maximum atomic E-state index is 12.0. The van der Waals surface area contributed by atoms with Gasteiger partial charge in [-0.3, -0.25) is 4.98 Å². The standard InChI is InChI=1S/C14H14BrClN2O2/c1-3-17-12-8(14(19)20-4-2)7-18-13-10(16)6-5-9(15)11(12)13/h5-7H,3-4H2,1-2H3,(H,17,18).